The number of H-pyrrole nitrogens is 1. The first kappa shape index (κ1) is 35.2. The fourth-order valence-corrected chi connectivity index (χ4v) is 7.66. The molecule has 3 aliphatic rings. The number of nitrogens with zero attached hydrogens (tertiary/aromatic N) is 5. The van der Waals surface area contributed by atoms with E-state index in [1.165, 1.54) is 5.56 Å². The Morgan fingerprint density at radius 2 is 1.62 bits per heavy atom. The van der Waals surface area contributed by atoms with Gasteiger partial charge < -0.3 is 24.3 Å². The van der Waals surface area contributed by atoms with Gasteiger partial charge in [0.1, 0.15) is 23.1 Å². The van der Waals surface area contributed by atoms with Gasteiger partial charge in [-0.2, -0.15) is 5.10 Å². The molecule has 2 aromatic carbocycles. The second-order valence-corrected chi connectivity index (χ2v) is 14.0. The van der Waals surface area contributed by atoms with Crippen molar-refractivity contribution in [3.8, 4) is 22.6 Å². The first-order valence-electron chi connectivity index (χ1n) is 17.9. The number of ether oxygens (including phenoxy) is 2. The van der Waals surface area contributed by atoms with E-state index in [4.69, 9.17) is 9.47 Å². The third kappa shape index (κ3) is 7.39. The molecule has 3 amide bonds. The zero-order valence-corrected chi connectivity index (χ0v) is 29.9. The summed E-state index contributed by atoms with van der Waals surface area (Å²) in [5, 5.41) is 13.3. The number of likely N-dealkylation sites (tertiary alicyclic amines) is 1. The van der Waals surface area contributed by atoms with Crippen LogP contribution in [-0.2, 0) is 28.0 Å². The monoisotopic (exact) mass is 710 g/mol. The Morgan fingerprint density at radius 3 is 2.27 bits per heavy atom. The molecule has 3 fully saturated rings. The molecule has 5 heterocycles. The Morgan fingerprint density at radius 1 is 0.923 bits per heavy atom. The molecule has 0 saturated carbocycles. The molecule has 14 heteroatoms. The van der Waals surface area contributed by atoms with E-state index in [0.29, 0.717) is 62.0 Å². The topological polar surface area (TPSA) is 154 Å². The molecule has 2 aromatic heterocycles. The molecule has 0 spiro atoms. The maximum Gasteiger partial charge on any atom is 0.276 e. The molecule has 52 heavy (non-hydrogen) atoms. The predicted molar refractivity (Wildman–Crippen MR) is 196 cm³/mol. The number of hydrogen-bond acceptors (Lipinski definition) is 10. The van der Waals surface area contributed by atoms with Gasteiger partial charge in [0.05, 0.1) is 32.5 Å². The number of carbonyl (C=O) groups excluding carboxylic acids is 3. The summed E-state index contributed by atoms with van der Waals surface area (Å²) >= 11 is 0. The maximum absolute atomic E-state index is 13.4. The van der Waals surface area contributed by atoms with Crippen LogP contribution in [0.3, 0.4) is 0 Å². The number of piperidine rings is 2. The molecule has 0 radical (unpaired) electrons. The van der Waals surface area contributed by atoms with Gasteiger partial charge in [-0.15, -0.1) is 0 Å². The highest BCUT2D eigenvalue weighted by molar-refractivity contribution is 6.01. The number of rotatable bonds is 10. The SMILES string of the molecule is COc1cc(-c2cn(C)c(=O)c3[nH]ncc23)cc(OC)c1CN1CCN(C(=O)CN2CCC(c3ccc(NC4CCC(=O)NC4=O)cc3)CC2)CC1. The average Bonchev–Trinajstić information content (AvgIpc) is 3.66. The van der Waals surface area contributed by atoms with Crippen LogP contribution in [-0.4, -0.2) is 113 Å². The molecule has 3 N–H and O–H groups in total. The number of piperazine rings is 1. The molecular weight excluding hydrogens is 664 g/mol. The average molecular weight is 711 g/mol. The highest BCUT2D eigenvalue weighted by Crippen LogP contribution is 2.38. The van der Waals surface area contributed by atoms with E-state index in [2.05, 4.69) is 42.8 Å². The second-order valence-electron chi connectivity index (χ2n) is 14.0. The van der Waals surface area contributed by atoms with Crippen molar-refractivity contribution < 1.29 is 23.9 Å². The Hall–Kier alpha value is -5.21. The second kappa shape index (κ2) is 15.2. The molecule has 3 aliphatic heterocycles. The van der Waals surface area contributed by atoms with Crippen LogP contribution >= 0.6 is 0 Å². The smallest absolute Gasteiger partial charge is 0.276 e. The molecule has 0 bridgehead atoms. The van der Waals surface area contributed by atoms with Crippen LogP contribution in [0.1, 0.15) is 42.7 Å². The summed E-state index contributed by atoms with van der Waals surface area (Å²) < 4.78 is 13.3. The largest absolute Gasteiger partial charge is 0.496 e. The van der Waals surface area contributed by atoms with E-state index in [9.17, 15) is 19.2 Å². The third-order valence-corrected chi connectivity index (χ3v) is 10.7. The van der Waals surface area contributed by atoms with Gasteiger partial charge in [0.15, 0.2) is 0 Å². The van der Waals surface area contributed by atoms with Crippen LogP contribution in [0.15, 0.2) is 53.6 Å². The molecule has 274 valence electrons. The maximum atomic E-state index is 13.4. The minimum atomic E-state index is -0.396. The van der Waals surface area contributed by atoms with Crippen molar-refractivity contribution in [3.63, 3.8) is 0 Å². The Kier molecular flexibility index (Phi) is 10.3. The first-order chi connectivity index (χ1) is 25.2. The lowest BCUT2D eigenvalue weighted by Crippen LogP contribution is -2.51. The van der Waals surface area contributed by atoms with E-state index in [0.717, 1.165) is 66.8 Å². The number of hydrogen-bond donors (Lipinski definition) is 3. The van der Waals surface area contributed by atoms with E-state index in [-0.39, 0.29) is 23.3 Å². The number of nitrogens with one attached hydrogen (secondary N) is 3. The Balaban J connectivity index is 0.900. The van der Waals surface area contributed by atoms with Crippen LogP contribution in [0.5, 0.6) is 11.5 Å². The van der Waals surface area contributed by atoms with Crippen molar-refractivity contribution in [3.05, 3.63) is 70.3 Å². The van der Waals surface area contributed by atoms with Gasteiger partial charge >= 0.3 is 0 Å². The number of carbonyl (C=O) groups is 3. The summed E-state index contributed by atoms with van der Waals surface area (Å²) in [7, 11) is 5.02. The number of aromatic amines is 1. The summed E-state index contributed by atoms with van der Waals surface area (Å²) in [6.45, 7) is 5.59. The lowest BCUT2D eigenvalue weighted by atomic mass is 9.89. The van der Waals surface area contributed by atoms with Gasteiger partial charge in [0, 0.05) is 69.0 Å². The van der Waals surface area contributed by atoms with Crippen molar-refractivity contribution in [2.75, 3.05) is 65.3 Å². The lowest BCUT2D eigenvalue weighted by molar-refractivity contribution is -0.135. The normalized spacial score (nSPS) is 19.1. The number of anilines is 1. The fraction of sp³-hybridized carbons (Fsp3) is 0.447. The summed E-state index contributed by atoms with van der Waals surface area (Å²) in [5.74, 6) is 1.50. The van der Waals surface area contributed by atoms with Crippen LogP contribution in [0.2, 0.25) is 0 Å². The molecule has 4 aromatic rings. The summed E-state index contributed by atoms with van der Waals surface area (Å²) in [5.41, 5.74) is 5.08. The highest BCUT2D eigenvalue weighted by Gasteiger charge is 2.29. The van der Waals surface area contributed by atoms with Gasteiger partial charge in [0.2, 0.25) is 17.7 Å². The Labute approximate surface area is 302 Å². The summed E-state index contributed by atoms with van der Waals surface area (Å²) in [4.78, 5) is 56.0. The predicted octanol–water partition coefficient (Wildman–Crippen LogP) is 2.69. The van der Waals surface area contributed by atoms with Gasteiger partial charge in [-0.3, -0.25) is 39.4 Å². The van der Waals surface area contributed by atoms with Gasteiger partial charge in [-0.05, 0) is 73.7 Å². The standard InChI is InChI=1S/C38H46N8O6/c1-43-21-29(28-20-39-42-36(28)38(43)50)26-18-32(51-2)30(33(19-26)52-3)22-45-14-16-46(17-15-45)35(48)23-44-12-10-25(11-13-44)24-4-6-27(7-5-24)40-31-8-9-34(47)41-37(31)49/h4-7,18-21,25,31,40H,8-17,22-23H2,1-3H3,(H,39,42)(H,41,47,49). The minimum Gasteiger partial charge on any atom is -0.496 e. The number of amides is 3. The highest BCUT2D eigenvalue weighted by atomic mass is 16.5. The summed E-state index contributed by atoms with van der Waals surface area (Å²) in [6.07, 6.45) is 6.28. The summed E-state index contributed by atoms with van der Waals surface area (Å²) in [6, 6.07) is 11.8. The Bertz CT molecular complexity index is 1980. The van der Waals surface area contributed by atoms with Gasteiger partial charge in [-0.25, -0.2) is 0 Å². The van der Waals surface area contributed by atoms with Gasteiger partial charge in [-0.1, -0.05) is 12.1 Å². The van der Waals surface area contributed by atoms with Crippen molar-refractivity contribution in [1.82, 2.24) is 34.8 Å². The minimum absolute atomic E-state index is 0.142. The number of methoxy groups -OCH3 is 2. The van der Waals surface area contributed by atoms with Crippen molar-refractivity contribution in [2.24, 2.45) is 7.05 Å². The van der Waals surface area contributed by atoms with Crippen LogP contribution in [0.4, 0.5) is 5.69 Å². The lowest BCUT2D eigenvalue weighted by Gasteiger charge is -2.37. The van der Waals surface area contributed by atoms with Crippen molar-refractivity contribution >= 4 is 34.3 Å². The van der Waals surface area contributed by atoms with E-state index < -0.39 is 6.04 Å². The van der Waals surface area contributed by atoms with Crippen LogP contribution in [0.25, 0.3) is 22.0 Å². The van der Waals surface area contributed by atoms with Gasteiger partial charge in [0.25, 0.3) is 5.56 Å². The van der Waals surface area contributed by atoms with E-state index in [1.54, 1.807) is 38.2 Å². The first-order valence-corrected chi connectivity index (χ1v) is 17.9. The fourth-order valence-electron chi connectivity index (χ4n) is 7.66. The molecule has 0 aliphatic carbocycles. The van der Waals surface area contributed by atoms with E-state index in [1.807, 2.05) is 29.2 Å². The number of aryl methyl sites for hydroxylation is 1. The molecule has 7 rings (SSSR count). The number of imide groups is 1. The quantitative estimate of drug-likeness (QED) is 0.210. The number of pyridine rings is 1. The van der Waals surface area contributed by atoms with Crippen LogP contribution in [0, 0.1) is 0 Å². The van der Waals surface area contributed by atoms with Crippen molar-refractivity contribution in [2.45, 2.75) is 44.2 Å². The van der Waals surface area contributed by atoms with Crippen LogP contribution < -0.4 is 25.7 Å². The van der Waals surface area contributed by atoms with Crippen molar-refractivity contribution in [1.29, 1.82) is 0 Å². The number of aromatic nitrogens is 3. The molecule has 1 atom stereocenters. The number of fused-ring (bicyclic) bond motifs is 1. The number of benzene rings is 2. The van der Waals surface area contributed by atoms with E-state index >= 15 is 0 Å². The third-order valence-electron chi connectivity index (χ3n) is 10.7. The molecular formula is C38H46N8O6. The molecule has 3 saturated heterocycles. The zero-order valence-electron chi connectivity index (χ0n) is 29.9. The molecule has 14 nitrogen and oxygen atoms in total. The zero-order chi connectivity index (χ0) is 36.4. The molecule has 1 unspecified atom stereocenters.